The number of hydrazone groups is 1. The first-order valence-electron chi connectivity index (χ1n) is 5.72. The molecule has 0 unspecified atom stereocenters. The average molecular weight is 275 g/mol. The van der Waals surface area contributed by atoms with Crippen LogP contribution in [-0.2, 0) is 14.3 Å². The number of nitriles is 1. The number of hydrogen-bond acceptors (Lipinski definition) is 7. The maximum Gasteiger partial charge on any atom is 0.369 e. The van der Waals surface area contributed by atoms with E-state index >= 15 is 0 Å². The van der Waals surface area contributed by atoms with Crippen molar-refractivity contribution in [1.82, 2.24) is 0 Å². The molecule has 0 aromatic heterocycles. The minimum absolute atomic E-state index is 0.137. The molecule has 20 heavy (non-hydrogen) atoms. The first-order chi connectivity index (χ1) is 9.63. The van der Waals surface area contributed by atoms with Crippen molar-refractivity contribution in [3.63, 3.8) is 0 Å². The van der Waals surface area contributed by atoms with Crippen molar-refractivity contribution in [2.24, 2.45) is 5.10 Å². The SMILES string of the molecule is CCOC(=O)/C(C#N)=N/Nc1ccccc1C(=O)OC. The fraction of sp³-hybridized carbons (Fsp3) is 0.231. The molecule has 1 rings (SSSR count). The minimum Gasteiger partial charge on any atom is -0.465 e. The lowest BCUT2D eigenvalue weighted by atomic mass is 10.2. The van der Waals surface area contributed by atoms with E-state index in [0.29, 0.717) is 5.69 Å². The Bertz CT molecular complexity index is 575. The van der Waals surface area contributed by atoms with E-state index in [9.17, 15) is 9.59 Å². The Kier molecular flexibility index (Phi) is 5.72. The molecule has 1 aromatic rings. The number of carbonyl (C=O) groups is 2. The van der Waals surface area contributed by atoms with Crippen molar-refractivity contribution in [2.75, 3.05) is 19.1 Å². The number of nitrogens with one attached hydrogen (secondary N) is 1. The van der Waals surface area contributed by atoms with Crippen LogP contribution in [0.1, 0.15) is 17.3 Å². The van der Waals surface area contributed by atoms with Gasteiger partial charge in [-0.05, 0) is 19.1 Å². The fourth-order valence-electron chi connectivity index (χ4n) is 1.30. The number of esters is 2. The van der Waals surface area contributed by atoms with E-state index in [1.807, 2.05) is 0 Å². The second kappa shape index (κ2) is 7.53. The average Bonchev–Trinajstić information content (AvgIpc) is 2.47. The van der Waals surface area contributed by atoms with Crippen LogP contribution in [0.2, 0.25) is 0 Å². The predicted molar refractivity (Wildman–Crippen MR) is 71.1 cm³/mol. The molecule has 0 spiro atoms. The van der Waals surface area contributed by atoms with Gasteiger partial charge in [-0.2, -0.15) is 10.4 Å². The largest absolute Gasteiger partial charge is 0.465 e. The molecule has 0 aliphatic rings. The van der Waals surface area contributed by atoms with Gasteiger partial charge in [-0.3, -0.25) is 5.43 Å². The number of nitrogens with zero attached hydrogens (tertiary/aromatic N) is 2. The van der Waals surface area contributed by atoms with E-state index in [1.165, 1.54) is 13.2 Å². The van der Waals surface area contributed by atoms with Crippen molar-refractivity contribution in [3.8, 4) is 6.07 Å². The molecule has 0 saturated carbocycles. The van der Waals surface area contributed by atoms with Gasteiger partial charge >= 0.3 is 11.9 Å². The lowest BCUT2D eigenvalue weighted by Crippen LogP contribution is -2.17. The highest BCUT2D eigenvalue weighted by Gasteiger charge is 2.14. The third kappa shape index (κ3) is 3.81. The molecule has 0 radical (unpaired) electrons. The van der Waals surface area contributed by atoms with E-state index in [4.69, 9.17) is 5.26 Å². The third-order valence-electron chi connectivity index (χ3n) is 2.20. The smallest absolute Gasteiger partial charge is 0.369 e. The van der Waals surface area contributed by atoms with Crippen molar-refractivity contribution in [3.05, 3.63) is 29.8 Å². The molecule has 0 heterocycles. The number of para-hydroxylation sites is 1. The quantitative estimate of drug-likeness (QED) is 0.494. The predicted octanol–water partition coefficient (Wildman–Crippen LogP) is 1.33. The van der Waals surface area contributed by atoms with E-state index < -0.39 is 17.7 Å². The number of hydrogen-bond donors (Lipinski definition) is 1. The standard InChI is InChI=1S/C13H13N3O4/c1-3-20-13(18)11(8-14)16-15-10-7-5-4-6-9(10)12(17)19-2/h4-7,15H,3H2,1-2H3/b16-11+. The van der Waals surface area contributed by atoms with Crippen molar-refractivity contribution in [2.45, 2.75) is 6.92 Å². The second-order valence-electron chi connectivity index (χ2n) is 3.44. The Balaban J connectivity index is 2.96. The Morgan fingerprint density at radius 3 is 2.70 bits per heavy atom. The van der Waals surface area contributed by atoms with Crippen LogP contribution < -0.4 is 5.43 Å². The first-order valence-corrected chi connectivity index (χ1v) is 5.72. The molecule has 0 saturated heterocycles. The van der Waals surface area contributed by atoms with Gasteiger partial charge in [-0.25, -0.2) is 9.59 Å². The molecule has 7 heteroatoms. The molecular formula is C13H13N3O4. The molecule has 104 valence electrons. The van der Waals surface area contributed by atoms with Crippen molar-refractivity contribution in [1.29, 1.82) is 5.26 Å². The monoisotopic (exact) mass is 275 g/mol. The summed E-state index contributed by atoms with van der Waals surface area (Å²) >= 11 is 0. The highest BCUT2D eigenvalue weighted by Crippen LogP contribution is 2.15. The summed E-state index contributed by atoms with van der Waals surface area (Å²) in [7, 11) is 1.25. The van der Waals surface area contributed by atoms with Gasteiger partial charge in [0.05, 0.1) is 25.0 Å². The molecule has 1 N–H and O–H groups in total. The summed E-state index contributed by atoms with van der Waals surface area (Å²) < 4.78 is 9.27. The van der Waals surface area contributed by atoms with Crippen LogP contribution in [0.5, 0.6) is 0 Å². The van der Waals surface area contributed by atoms with Gasteiger partial charge in [0.15, 0.2) is 0 Å². The number of carbonyl (C=O) groups excluding carboxylic acids is 2. The molecule has 7 nitrogen and oxygen atoms in total. The van der Waals surface area contributed by atoms with Gasteiger partial charge in [0.1, 0.15) is 6.07 Å². The van der Waals surface area contributed by atoms with E-state index in [0.717, 1.165) is 0 Å². The van der Waals surface area contributed by atoms with Crippen molar-refractivity contribution < 1.29 is 19.1 Å². The normalized spacial score (nSPS) is 10.3. The van der Waals surface area contributed by atoms with E-state index in [1.54, 1.807) is 31.2 Å². The van der Waals surface area contributed by atoms with Crippen LogP contribution in [0.3, 0.4) is 0 Å². The molecule has 0 aliphatic carbocycles. The van der Waals surface area contributed by atoms with Gasteiger partial charge in [-0.1, -0.05) is 12.1 Å². The third-order valence-corrected chi connectivity index (χ3v) is 2.20. The van der Waals surface area contributed by atoms with Crippen LogP contribution in [0.25, 0.3) is 0 Å². The Morgan fingerprint density at radius 2 is 2.10 bits per heavy atom. The molecular weight excluding hydrogens is 262 g/mol. The van der Waals surface area contributed by atoms with Crippen molar-refractivity contribution >= 4 is 23.3 Å². The van der Waals surface area contributed by atoms with Crippen LogP contribution in [0, 0.1) is 11.3 Å². The summed E-state index contributed by atoms with van der Waals surface area (Å²) in [6.07, 6.45) is 0. The lowest BCUT2D eigenvalue weighted by molar-refractivity contribution is -0.134. The second-order valence-corrected chi connectivity index (χ2v) is 3.44. The zero-order valence-corrected chi connectivity index (χ0v) is 11.0. The number of benzene rings is 1. The summed E-state index contributed by atoms with van der Waals surface area (Å²) in [6, 6.07) is 8.03. The first kappa shape index (κ1) is 15.2. The van der Waals surface area contributed by atoms with Crippen LogP contribution in [-0.4, -0.2) is 31.4 Å². The molecule has 0 amide bonds. The topological polar surface area (TPSA) is 101 Å². The molecule has 0 fully saturated rings. The fourth-order valence-corrected chi connectivity index (χ4v) is 1.30. The highest BCUT2D eigenvalue weighted by atomic mass is 16.5. The number of anilines is 1. The van der Waals surface area contributed by atoms with Crippen LogP contribution >= 0.6 is 0 Å². The van der Waals surface area contributed by atoms with Gasteiger partial charge in [-0.15, -0.1) is 0 Å². The van der Waals surface area contributed by atoms with E-state index in [-0.39, 0.29) is 12.2 Å². The zero-order valence-electron chi connectivity index (χ0n) is 11.0. The maximum atomic E-state index is 11.5. The van der Waals surface area contributed by atoms with E-state index in [2.05, 4.69) is 20.0 Å². The van der Waals surface area contributed by atoms with Gasteiger partial charge in [0.2, 0.25) is 5.71 Å². The summed E-state index contributed by atoms with van der Waals surface area (Å²) in [5.74, 6) is -1.39. The zero-order chi connectivity index (χ0) is 15.0. The number of rotatable bonds is 5. The van der Waals surface area contributed by atoms with Crippen LogP contribution in [0.15, 0.2) is 29.4 Å². The minimum atomic E-state index is -0.835. The summed E-state index contributed by atoms with van der Waals surface area (Å²) in [5.41, 5.74) is 2.60. The molecule has 0 bridgehead atoms. The molecule has 0 atom stereocenters. The maximum absolute atomic E-state index is 11.5. The van der Waals surface area contributed by atoms with Crippen LogP contribution in [0.4, 0.5) is 5.69 Å². The Labute approximate surface area is 115 Å². The highest BCUT2D eigenvalue weighted by molar-refractivity contribution is 6.43. The van der Waals surface area contributed by atoms with Gasteiger partial charge in [0.25, 0.3) is 0 Å². The summed E-state index contributed by atoms with van der Waals surface area (Å²) in [6.45, 7) is 1.76. The lowest BCUT2D eigenvalue weighted by Gasteiger charge is -2.06. The Morgan fingerprint density at radius 1 is 1.40 bits per heavy atom. The number of methoxy groups -OCH3 is 1. The van der Waals surface area contributed by atoms with Gasteiger partial charge < -0.3 is 9.47 Å². The molecule has 1 aromatic carbocycles. The summed E-state index contributed by atoms with van der Waals surface area (Å²) in [5, 5.41) is 12.4. The van der Waals surface area contributed by atoms with Gasteiger partial charge in [0, 0.05) is 0 Å². The number of ether oxygens (including phenoxy) is 2. The Hall–Kier alpha value is -2.88. The molecule has 0 aliphatic heterocycles. The summed E-state index contributed by atoms with van der Waals surface area (Å²) in [4.78, 5) is 22.9.